The minimum atomic E-state index is -0.459. The first-order chi connectivity index (χ1) is 12.1. The molecule has 0 aliphatic carbocycles. The summed E-state index contributed by atoms with van der Waals surface area (Å²) >= 11 is 1.23. The summed E-state index contributed by atoms with van der Waals surface area (Å²) in [5, 5.41) is 18.9. The molecule has 0 unspecified atom stereocenters. The number of nitro groups is 1. The van der Waals surface area contributed by atoms with Crippen LogP contribution in [0.25, 0.3) is 22.4 Å². The van der Waals surface area contributed by atoms with Gasteiger partial charge in [0.25, 0.3) is 11.2 Å². The fraction of sp³-hybridized carbons (Fsp3) is 0. The molecule has 0 saturated carbocycles. The molecule has 4 aromatic rings. The fourth-order valence-electron chi connectivity index (χ4n) is 2.48. The molecule has 2 heterocycles. The zero-order valence-electron chi connectivity index (χ0n) is 12.7. The number of non-ortho nitro benzene ring substituents is 1. The summed E-state index contributed by atoms with van der Waals surface area (Å²) in [4.78, 5) is 23.5. The molecule has 25 heavy (non-hydrogen) atoms. The number of nitrogens with zero attached hydrogens (tertiary/aromatic N) is 4. The van der Waals surface area contributed by atoms with Crippen molar-refractivity contribution in [2.45, 2.75) is 0 Å². The summed E-state index contributed by atoms with van der Waals surface area (Å²) < 4.78 is 1.98. The van der Waals surface area contributed by atoms with E-state index in [0.29, 0.717) is 20.9 Å². The quantitative estimate of drug-likeness (QED) is 0.418. The van der Waals surface area contributed by atoms with Gasteiger partial charge in [0.15, 0.2) is 5.82 Å². The highest BCUT2D eigenvalue weighted by Gasteiger charge is 2.13. The van der Waals surface area contributed by atoms with Crippen LogP contribution in [0, 0.1) is 10.1 Å². The molecule has 0 radical (unpaired) electrons. The Morgan fingerprint density at radius 2 is 1.76 bits per heavy atom. The molecule has 4 rings (SSSR count). The number of benzene rings is 2. The van der Waals surface area contributed by atoms with Crippen LogP contribution in [0.3, 0.4) is 0 Å². The van der Waals surface area contributed by atoms with Crippen LogP contribution in [0.4, 0.5) is 5.69 Å². The van der Waals surface area contributed by atoms with E-state index in [0.717, 1.165) is 5.56 Å². The first-order valence-electron chi connectivity index (χ1n) is 7.33. The van der Waals surface area contributed by atoms with Gasteiger partial charge < -0.3 is 0 Å². The maximum atomic E-state index is 12.7. The molecule has 0 atom stereocenters. The van der Waals surface area contributed by atoms with Crippen LogP contribution >= 0.6 is 11.3 Å². The summed E-state index contributed by atoms with van der Waals surface area (Å²) in [7, 11) is 0. The van der Waals surface area contributed by atoms with Crippen molar-refractivity contribution in [2.24, 2.45) is 0 Å². The SMILES string of the molecule is O=c1/c(=C/c2ccc([N+](=O)[O-])cc2)sc2nnc(-c3ccccc3)n12. The molecule has 0 aliphatic rings. The van der Waals surface area contributed by atoms with Gasteiger partial charge >= 0.3 is 0 Å². The van der Waals surface area contributed by atoms with E-state index in [9.17, 15) is 14.9 Å². The lowest BCUT2D eigenvalue weighted by molar-refractivity contribution is -0.384. The Kier molecular flexibility index (Phi) is 3.58. The third-order valence-corrected chi connectivity index (χ3v) is 4.64. The van der Waals surface area contributed by atoms with Gasteiger partial charge in [-0.3, -0.25) is 14.9 Å². The van der Waals surface area contributed by atoms with E-state index < -0.39 is 4.92 Å². The molecule has 0 bridgehead atoms. The fourth-order valence-corrected chi connectivity index (χ4v) is 3.39. The molecule has 0 amide bonds. The molecule has 0 spiro atoms. The van der Waals surface area contributed by atoms with Crippen molar-refractivity contribution in [3.8, 4) is 11.4 Å². The Morgan fingerprint density at radius 1 is 1.04 bits per heavy atom. The number of nitro benzene ring substituents is 1. The molecule has 2 aromatic carbocycles. The van der Waals surface area contributed by atoms with Crippen molar-refractivity contribution in [3.05, 3.63) is 85.2 Å². The number of hydrogen-bond acceptors (Lipinski definition) is 6. The summed E-state index contributed by atoms with van der Waals surface area (Å²) in [6, 6.07) is 15.4. The molecule has 122 valence electrons. The molecule has 0 saturated heterocycles. The van der Waals surface area contributed by atoms with E-state index in [4.69, 9.17) is 0 Å². The van der Waals surface area contributed by atoms with Crippen LogP contribution in [0.15, 0.2) is 59.4 Å². The van der Waals surface area contributed by atoms with Gasteiger partial charge in [0.05, 0.1) is 9.46 Å². The average Bonchev–Trinajstić information content (AvgIpc) is 3.17. The summed E-state index contributed by atoms with van der Waals surface area (Å²) in [6.45, 7) is 0. The van der Waals surface area contributed by atoms with Crippen molar-refractivity contribution in [2.75, 3.05) is 0 Å². The molecule has 0 fully saturated rings. The molecule has 2 aromatic heterocycles. The van der Waals surface area contributed by atoms with Crippen molar-refractivity contribution < 1.29 is 4.92 Å². The van der Waals surface area contributed by atoms with E-state index in [1.54, 1.807) is 18.2 Å². The number of hydrogen-bond donors (Lipinski definition) is 0. The Hall–Kier alpha value is -3.39. The van der Waals surface area contributed by atoms with E-state index in [1.807, 2.05) is 30.3 Å². The smallest absolute Gasteiger partial charge is 0.267 e. The Bertz CT molecular complexity index is 1180. The lowest BCUT2D eigenvalue weighted by Crippen LogP contribution is -2.23. The molecular formula is C17H10N4O3S. The lowest BCUT2D eigenvalue weighted by Gasteiger charge is -1.95. The second-order valence-electron chi connectivity index (χ2n) is 5.27. The van der Waals surface area contributed by atoms with Crippen molar-refractivity contribution in [1.82, 2.24) is 14.6 Å². The van der Waals surface area contributed by atoms with Crippen LogP contribution < -0.4 is 10.1 Å². The largest absolute Gasteiger partial charge is 0.276 e. The predicted molar refractivity (Wildman–Crippen MR) is 94.5 cm³/mol. The zero-order chi connectivity index (χ0) is 17.4. The Balaban J connectivity index is 1.84. The summed E-state index contributed by atoms with van der Waals surface area (Å²) in [5.74, 6) is 0.500. The molecule has 7 nitrogen and oxygen atoms in total. The molecule has 0 aliphatic heterocycles. The van der Waals surface area contributed by atoms with Crippen molar-refractivity contribution in [3.63, 3.8) is 0 Å². The highest BCUT2D eigenvalue weighted by atomic mass is 32.1. The normalized spacial score (nSPS) is 11.9. The maximum absolute atomic E-state index is 12.7. The van der Waals surface area contributed by atoms with Gasteiger partial charge in [-0.15, -0.1) is 10.2 Å². The Morgan fingerprint density at radius 3 is 2.44 bits per heavy atom. The first-order valence-corrected chi connectivity index (χ1v) is 8.15. The topological polar surface area (TPSA) is 90.4 Å². The monoisotopic (exact) mass is 350 g/mol. The van der Waals surface area contributed by atoms with Gasteiger partial charge in [0.1, 0.15) is 0 Å². The van der Waals surface area contributed by atoms with Crippen LogP contribution in [0.2, 0.25) is 0 Å². The lowest BCUT2D eigenvalue weighted by atomic mass is 10.2. The summed E-state index contributed by atoms with van der Waals surface area (Å²) in [6.07, 6.45) is 1.69. The standard InChI is InChI=1S/C17H10N4O3S/c22-16-14(10-11-6-8-13(9-7-11)21(23)24)25-17-19-18-15(20(16)17)12-4-2-1-3-5-12/h1-10H/b14-10-. The average molecular weight is 350 g/mol. The minimum absolute atomic E-state index is 0.0102. The zero-order valence-corrected chi connectivity index (χ0v) is 13.5. The van der Waals surface area contributed by atoms with Crippen LogP contribution in [-0.2, 0) is 0 Å². The Labute approximate surface area is 144 Å². The van der Waals surface area contributed by atoms with Gasteiger partial charge in [-0.1, -0.05) is 41.7 Å². The van der Waals surface area contributed by atoms with Crippen LogP contribution in [0.5, 0.6) is 0 Å². The van der Waals surface area contributed by atoms with E-state index in [1.165, 1.54) is 27.9 Å². The number of rotatable bonds is 3. The second kappa shape index (κ2) is 5.91. The van der Waals surface area contributed by atoms with E-state index in [-0.39, 0.29) is 11.2 Å². The second-order valence-corrected chi connectivity index (χ2v) is 6.28. The maximum Gasteiger partial charge on any atom is 0.276 e. The molecular weight excluding hydrogens is 340 g/mol. The minimum Gasteiger partial charge on any atom is -0.267 e. The first kappa shape index (κ1) is 15.2. The highest BCUT2D eigenvalue weighted by molar-refractivity contribution is 7.15. The summed E-state index contributed by atoms with van der Waals surface area (Å²) in [5.41, 5.74) is 1.33. The number of fused-ring (bicyclic) bond motifs is 1. The van der Waals surface area contributed by atoms with Gasteiger partial charge in [0, 0.05) is 17.7 Å². The van der Waals surface area contributed by atoms with Crippen molar-refractivity contribution in [1.29, 1.82) is 0 Å². The number of thiazole rings is 1. The predicted octanol–water partition coefficient (Wildman–Crippen LogP) is 2.27. The molecule has 8 heteroatoms. The van der Waals surface area contributed by atoms with Crippen LogP contribution in [-0.4, -0.2) is 19.5 Å². The van der Waals surface area contributed by atoms with Gasteiger partial charge in [-0.05, 0) is 23.8 Å². The third kappa shape index (κ3) is 2.68. The molecule has 0 N–H and O–H groups in total. The van der Waals surface area contributed by atoms with E-state index in [2.05, 4.69) is 10.2 Å². The van der Waals surface area contributed by atoms with Crippen LogP contribution in [0.1, 0.15) is 5.56 Å². The van der Waals surface area contributed by atoms with E-state index >= 15 is 0 Å². The third-order valence-electron chi connectivity index (χ3n) is 3.68. The highest BCUT2D eigenvalue weighted by Crippen LogP contribution is 2.17. The van der Waals surface area contributed by atoms with Crippen molar-refractivity contribution >= 4 is 28.1 Å². The van der Waals surface area contributed by atoms with Gasteiger partial charge in [-0.2, -0.15) is 0 Å². The number of aromatic nitrogens is 3. The van der Waals surface area contributed by atoms with Gasteiger partial charge in [0.2, 0.25) is 4.96 Å². The van der Waals surface area contributed by atoms with Gasteiger partial charge in [-0.25, -0.2) is 4.40 Å².